The highest BCUT2D eigenvalue weighted by atomic mass is 16.2. The average molecular weight is 239 g/mol. The second-order valence-electron chi connectivity index (χ2n) is 5.53. The van der Waals surface area contributed by atoms with Crippen LogP contribution in [0.1, 0.15) is 19.8 Å². The van der Waals surface area contributed by atoms with Crippen molar-refractivity contribution in [2.45, 2.75) is 19.8 Å². The molecular weight excluding hydrogens is 214 g/mol. The molecule has 98 valence electrons. The summed E-state index contributed by atoms with van der Waals surface area (Å²) in [4.78, 5) is 16.6. The van der Waals surface area contributed by atoms with Gasteiger partial charge in [-0.25, -0.2) is 0 Å². The molecule has 0 aromatic carbocycles. The SMILES string of the molecule is CNCC(C)C(=O)N1CCN(CC2CC2)CC1. The van der Waals surface area contributed by atoms with E-state index in [4.69, 9.17) is 0 Å². The van der Waals surface area contributed by atoms with Crippen LogP contribution in [0.15, 0.2) is 0 Å². The van der Waals surface area contributed by atoms with Crippen LogP contribution in [0.5, 0.6) is 0 Å². The Morgan fingerprint density at radius 1 is 1.29 bits per heavy atom. The molecule has 17 heavy (non-hydrogen) atoms. The van der Waals surface area contributed by atoms with Crippen molar-refractivity contribution in [3.63, 3.8) is 0 Å². The van der Waals surface area contributed by atoms with E-state index < -0.39 is 0 Å². The van der Waals surface area contributed by atoms with E-state index in [1.807, 2.05) is 18.9 Å². The minimum absolute atomic E-state index is 0.106. The van der Waals surface area contributed by atoms with Crippen molar-refractivity contribution in [3.8, 4) is 0 Å². The van der Waals surface area contributed by atoms with Crippen molar-refractivity contribution in [1.82, 2.24) is 15.1 Å². The van der Waals surface area contributed by atoms with E-state index in [9.17, 15) is 4.79 Å². The van der Waals surface area contributed by atoms with Crippen LogP contribution in [0, 0.1) is 11.8 Å². The Morgan fingerprint density at radius 3 is 2.47 bits per heavy atom. The van der Waals surface area contributed by atoms with Crippen LogP contribution >= 0.6 is 0 Å². The lowest BCUT2D eigenvalue weighted by Gasteiger charge is -2.36. The minimum atomic E-state index is 0.106. The number of carbonyl (C=O) groups excluding carboxylic acids is 1. The van der Waals surface area contributed by atoms with Gasteiger partial charge in [-0.15, -0.1) is 0 Å². The van der Waals surface area contributed by atoms with E-state index in [-0.39, 0.29) is 5.92 Å². The summed E-state index contributed by atoms with van der Waals surface area (Å²) >= 11 is 0. The lowest BCUT2D eigenvalue weighted by Crippen LogP contribution is -2.51. The molecule has 0 radical (unpaired) electrons. The molecular formula is C13H25N3O. The van der Waals surface area contributed by atoms with Gasteiger partial charge in [0, 0.05) is 45.2 Å². The molecule has 2 fully saturated rings. The Balaban J connectivity index is 1.71. The van der Waals surface area contributed by atoms with Gasteiger partial charge in [0.15, 0.2) is 0 Å². The van der Waals surface area contributed by atoms with Gasteiger partial charge in [0.05, 0.1) is 0 Å². The fraction of sp³-hybridized carbons (Fsp3) is 0.923. The summed E-state index contributed by atoms with van der Waals surface area (Å²) in [5.74, 6) is 1.38. The molecule has 1 aliphatic heterocycles. The van der Waals surface area contributed by atoms with Gasteiger partial charge in [-0.1, -0.05) is 6.92 Å². The molecule has 1 aliphatic carbocycles. The second kappa shape index (κ2) is 5.83. The zero-order chi connectivity index (χ0) is 12.3. The Bertz CT molecular complexity index is 257. The van der Waals surface area contributed by atoms with Crippen molar-refractivity contribution in [2.24, 2.45) is 11.8 Å². The number of hydrogen-bond donors (Lipinski definition) is 1. The summed E-state index contributed by atoms with van der Waals surface area (Å²) in [6.45, 7) is 8.01. The zero-order valence-electron chi connectivity index (χ0n) is 11.1. The fourth-order valence-electron chi connectivity index (χ4n) is 2.52. The maximum Gasteiger partial charge on any atom is 0.226 e. The van der Waals surface area contributed by atoms with E-state index >= 15 is 0 Å². The Labute approximate surface area is 104 Å². The summed E-state index contributed by atoms with van der Waals surface area (Å²) in [5.41, 5.74) is 0. The van der Waals surface area contributed by atoms with Crippen molar-refractivity contribution < 1.29 is 4.79 Å². The van der Waals surface area contributed by atoms with Gasteiger partial charge in [-0.05, 0) is 25.8 Å². The van der Waals surface area contributed by atoms with E-state index in [1.165, 1.54) is 19.4 Å². The number of piperazine rings is 1. The van der Waals surface area contributed by atoms with Gasteiger partial charge >= 0.3 is 0 Å². The van der Waals surface area contributed by atoms with Gasteiger partial charge in [0.1, 0.15) is 0 Å². The predicted molar refractivity (Wildman–Crippen MR) is 68.8 cm³/mol. The second-order valence-corrected chi connectivity index (χ2v) is 5.53. The van der Waals surface area contributed by atoms with E-state index in [1.54, 1.807) is 0 Å². The molecule has 1 saturated heterocycles. The maximum atomic E-state index is 12.1. The number of carbonyl (C=O) groups is 1. The third kappa shape index (κ3) is 3.68. The molecule has 0 aromatic heterocycles. The first kappa shape index (κ1) is 12.8. The molecule has 0 aromatic rings. The van der Waals surface area contributed by atoms with Crippen LogP contribution in [-0.2, 0) is 4.79 Å². The summed E-state index contributed by atoms with van der Waals surface area (Å²) in [6.07, 6.45) is 2.83. The zero-order valence-corrected chi connectivity index (χ0v) is 11.1. The predicted octanol–water partition coefficient (Wildman–Crippen LogP) is 0.396. The van der Waals surface area contributed by atoms with Crippen molar-refractivity contribution in [3.05, 3.63) is 0 Å². The highest BCUT2D eigenvalue weighted by molar-refractivity contribution is 5.78. The van der Waals surface area contributed by atoms with Crippen LogP contribution in [0.25, 0.3) is 0 Å². The molecule has 2 rings (SSSR count). The summed E-state index contributed by atoms with van der Waals surface area (Å²) in [7, 11) is 1.90. The monoisotopic (exact) mass is 239 g/mol. The molecule has 1 atom stereocenters. The van der Waals surface area contributed by atoms with Crippen LogP contribution in [0.4, 0.5) is 0 Å². The number of nitrogens with one attached hydrogen (secondary N) is 1. The van der Waals surface area contributed by atoms with Crippen LogP contribution in [0.2, 0.25) is 0 Å². The van der Waals surface area contributed by atoms with Crippen molar-refractivity contribution >= 4 is 5.91 Å². The van der Waals surface area contributed by atoms with E-state index in [0.717, 1.165) is 38.6 Å². The highest BCUT2D eigenvalue weighted by Gasteiger charge is 2.28. The van der Waals surface area contributed by atoms with Gasteiger partial charge in [0.2, 0.25) is 5.91 Å². The Kier molecular flexibility index (Phi) is 4.40. The molecule has 2 aliphatic rings. The first-order valence-corrected chi connectivity index (χ1v) is 6.86. The summed E-state index contributed by atoms with van der Waals surface area (Å²) in [5, 5.41) is 3.07. The maximum absolute atomic E-state index is 12.1. The number of hydrogen-bond acceptors (Lipinski definition) is 3. The fourth-order valence-corrected chi connectivity index (χ4v) is 2.52. The Morgan fingerprint density at radius 2 is 1.94 bits per heavy atom. The summed E-state index contributed by atoms with van der Waals surface area (Å²) in [6, 6.07) is 0. The molecule has 0 bridgehead atoms. The standard InChI is InChI=1S/C13H25N3O/c1-11(9-14-2)13(17)16-7-5-15(6-8-16)10-12-3-4-12/h11-12,14H,3-10H2,1-2H3. The number of rotatable bonds is 5. The van der Waals surface area contributed by atoms with Crippen LogP contribution in [0.3, 0.4) is 0 Å². The smallest absolute Gasteiger partial charge is 0.226 e. The molecule has 1 N–H and O–H groups in total. The minimum Gasteiger partial charge on any atom is -0.340 e. The van der Waals surface area contributed by atoms with Crippen LogP contribution < -0.4 is 5.32 Å². The molecule has 1 unspecified atom stereocenters. The van der Waals surface area contributed by atoms with Crippen LogP contribution in [-0.4, -0.2) is 62.0 Å². The third-order valence-corrected chi connectivity index (χ3v) is 3.83. The lowest BCUT2D eigenvalue weighted by atomic mass is 10.1. The van der Waals surface area contributed by atoms with Gasteiger partial charge in [-0.3, -0.25) is 9.69 Å². The average Bonchev–Trinajstić information content (AvgIpc) is 3.13. The van der Waals surface area contributed by atoms with E-state index in [0.29, 0.717) is 5.91 Å². The molecule has 1 amide bonds. The van der Waals surface area contributed by atoms with Gasteiger partial charge in [0.25, 0.3) is 0 Å². The first-order chi connectivity index (χ1) is 8.20. The quantitative estimate of drug-likeness (QED) is 0.754. The Hall–Kier alpha value is -0.610. The van der Waals surface area contributed by atoms with Gasteiger partial charge in [-0.2, -0.15) is 0 Å². The molecule has 4 heteroatoms. The number of nitrogens with zero attached hydrogens (tertiary/aromatic N) is 2. The molecule has 0 spiro atoms. The van der Waals surface area contributed by atoms with Gasteiger partial charge < -0.3 is 10.2 Å². The molecule has 4 nitrogen and oxygen atoms in total. The normalized spacial score (nSPS) is 23.8. The first-order valence-electron chi connectivity index (χ1n) is 6.86. The molecule has 1 saturated carbocycles. The number of amides is 1. The third-order valence-electron chi connectivity index (χ3n) is 3.83. The summed E-state index contributed by atoms with van der Waals surface area (Å²) < 4.78 is 0. The van der Waals surface area contributed by atoms with Crippen molar-refractivity contribution in [2.75, 3.05) is 46.3 Å². The van der Waals surface area contributed by atoms with Crippen molar-refractivity contribution in [1.29, 1.82) is 0 Å². The van der Waals surface area contributed by atoms with E-state index in [2.05, 4.69) is 10.2 Å². The largest absolute Gasteiger partial charge is 0.340 e. The lowest BCUT2D eigenvalue weighted by molar-refractivity contribution is -0.136. The molecule has 1 heterocycles. The highest BCUT2D eigenvalue weighted by Crippen LogP contribution is 2.29. The topological polar surface area (TPSA) is 35.6 Å².